The van der Waals surface area contributed by atoms with Gasteiger partial charge in [0.05, 0.1) is 0 Å². The Hall–Kier alpha value is -3.41. The lowest BCUT2D eigenvalue weighted by atomic mass is 10.1. The number of unbranched alkanes of at least 4 members (excludes halogenated alkanes) is 23. The van der Waals surface area contributed by atoms with Crippen LogP contribution < -0.4 is 0 Å². The minimum atomic E-state index is -0.814. The average molecular weight is 905 g/mol. The van der Waals surface area contributed by atoms with Gasteiger partial charge in [-0.3, -0.25) is 14.4 Å². The third kappa shape index (κ3) is 51.4. The lowest BCUT2D eigenvalue weighted by Gasteiger charge is -2.18. The van der Waals surface area contributed by atoms with Crippen LogP contribution in [0.4, 0.5) is 0 Å². The molecule has 0 aliphatic carbocycles. The molecule has 6 nitrogen and oxygen atoms in total. The molecule has 0 amide bonds. The minimum Gasteiger partial charge on any atom is -0.462 e. The molecule has 0 unspecified atom stereocenters. The molecular formula is C59H100O6. The molecule has 0 aromatic rings. The van der Waals surface area contributed by atoms with Gasteiger partial charge < -0.3 is 14.2 Å². The van der Waals surface area contributed by atoms with E-state index in [1.54, 1.807) is 0 Å². The number of allylic oxidation sites excluding steroid dienone is 14. The summed E-state index contributed by atoms with van der Waals surface area (Å²) in [5.41, 5.74) is 0. The highest BCUT2D eigenvalue weighted by Crippen LogP contribution is 2.13. The number of hydrogen-bond donors (Lipinski definition) is 0. The van der Waals surface area contributed by atoms with Gasteiger partial charge in [-0.1, -0.05) is 209 Å². The molecule has 0 aliphatic heterocycles. The molecule has 372 valence electrons. The number of hydrogen-bond acceptors (Lipinski definition) is 6. The highest BCUT2D eigenvalue weighted by Gasteiger charge is 2.19. The van der Waals surface area contributed by atoms with Crippen molar-refractivity contribution >= 4 is 17.9 Å². The van der Waals surface area contributed by atoms with Crippen LogP contribution in [0, 0.1) is 0 Å². The van der Waals surface area contributed by atoms with Crippen LogP contribution in [0.5, 0.6) is 0 Å². The summed E-state index contributed by atoms with van der Waals surface area (Å²) in [6.45, 7) is 6.51. The van der Waals surface area contributed by atoms with Crippen molar-refractivity contribution < 1.29 is 28.6 Å². The molecule has 0 aliphatic rings. The van der Waals surface area contributed by atoms with Gasteiger partial charge in [-0.05, 0) is 109 Å². The predicted molar refractivity (Wildman–Crippen MR) is 279 cm³/mol. The number of rotatable bonds is 48. The zero-order chi connectivity index (χ0) is 47.2. The second kappa shape index (κ2) is 53.2. The van der Waals surface area contributed by atoms with Crippen molar-refractivity contribution in [2.45, 2.75) is 258 Å². The Kier molecular flexibility index (Phi) is 50.4. The average Bonchev–Trinajstić information content (AvgIpc) is 3.30. The molecule has 1 atom stereocenters. The predicted octanol–water partition coefficient (Wildman–Crippen LogP) is 18.0. The molecule has 0 radical (unpaired) electrons. The van der Waals surface area contributed by atoms with Crippen LogP contribution in [0.2, 0.25) is 0 Å². The first kappa shape index (κ1) is 61.6. The van der Waals surface area contributed by atoms with Gasteiger partial charge in [0.25, 0.3) is 0 Å². The fourth-order valence-electron chi connectivity index (χ4n) is 7.24. The molecule has 65 heavy (non-hydrogen) atoms. The molecular weight excluding hydrogens is 805 g/mol. The molecule has 0 bridgehead atoms. The van der Waals surface area contributed by atoms with E-state index in [1.807, 2.05) is 6.08 Å². The van der Waals surface area contributed by atoms with E-state index in [9.17, 15) is 14.4 Å². The summed E-state index contributed by atoms with van der Waals surface area (Å²) in [4.78, 5) is 38.0. The van der Waals surface area contributed by atoms with Gasteiger partial charge in [-0.2, -0.15) is 0 Å². The van der Waals surface area contributed by atoms with Crippen molar-refractivity contribution in [3.05, 3.63) is 85.1 Å². The molecule has 0 saturated heterocycles. The van der Waals surface area contributed by atoms with Gasteiger partial charge in [0, 0.05) is 19.3 Å². The molecule has 0 spiro atoms. The van der Waals surface area contributed by atoms with Crippen LogP contribution in [-0.4, -0.2) is 37.2 Å². The first-order valence-electron chi connectivity index (χ1n) is 27.1. The third-order valence-electron chi connectivity index (χ3n) is 11.4. The van der Waals surface area contributed by atoms with E-state index in [2.05, 4.69) is 99.8 Å². The van der Waals surface area contributed by atoms with E-state index in [0.717, 1.165) is 89.9 Å². The molecule has 0 rings (SSSR count). The van der Waals surface area contributed by atoms with Gasteiger partial charge in [0.15, 0.2) is 6.10 Å². The fraction of sp³-hybridized carbons (Fsp3) is 0.712. The van der Waals surface area contributed by atoms with Crippen molar-refractivity contribution in [2.75, 3.05) is 13.2 Å². The van der Waals surface area contributed by atoms with Crippen LogP contribution in [0.25, 0.3) is 0 Å². The minimum absolute atomic E-state index is 0.107. The van der Waals surface area contributed by atoms with E-state index in [0.29, 0.717) is 19.3 Å². The van der Waals surface area contributed by atoms with Crippen molar-refractivity contribution in [3.8, 4) is 0 Å². The second-order valence-corrected chi connectivity index (χ2v) is 17.8. The van der Waals surface area contributed by atoms with Crippen molar-refractivity contribution in [1.29, 1.82) is 0 Å². The van der Waals surface area contributed by atoms with E-state index in [1.165, 1.54) is 116 Å². The summed E-state index contributed by atoms with van der Waals surface area (Å²) in [7, 11) is 0. The second-order valence-electron chi connectivity index (χ2n) is 17.8. The lowest BCUT2D eigenvalue weighted by Crippen LogP contribution is -2.30. The molecule has 0 aromatic carbocycles. The Morgan fingerprint density at radius 3 is 1.02 bits per heavy atom. The number of carbonyl (C=O) groups excluding carboxylic acids is 3. The van der Waals surface area contributed by atoms with E-state index >= 15 is 0 Å². The standard InChI is InChI=1S/C59H100O6/c1-4-7-10-13-16-19-22-25-27-28-29-30-32-34-37-40-43-46-49-52-58(61)64-55-56(54-63-57(60)51-48-45-42-39-36-33-24-21-18-15-12-9-6-3)65-59(62)53-50-47-44-41-38-35-31-26-23-20-17-14-11-8-5-2/h16,19,21,24-27,29-31,34,37,43,46,56H,4-15,17-18,20,22-23,28,32-33,35-36,38-42,44-45,47-55H2,1-3H3/b19-16-,24-21-,27-25-,30-29-,31-26-,37-34-,46-43-/t56-/m0/s1. The Morgan fingerprint density at radius 1 is 0.308 bits per heavy atom. The summed E-state index contributed by atoms with van der Waals surface area (Å²) in [6, 6.07) is 0. The molecule has 0 saturated carbocycles. The SMILES string of the molecule is CCCCC/C=C\C/C=C\C/C=C\C/C=C\C/C=C\CCC(=O)OC[C@H](COC(=O)CCCCCCC/C=C\CCCCCC)OC(=O)CCCCCCC/C=C\CCCCCCCC. The van der Waals surface area contributed by atoms with Crippen LogP contribution in [-0.2, 0) is 28.6 Å². The zero-order valence-electron chi connectivity index (χ0n) is 42.5. The molecule has 0 fully saturated rings. The Labute approximate surface area is 401 Å². The molecule has 0 N–H and O–H groups in total. The maximum absolute atomic E-state index is 12.8. The van der Waals surface area contributed by atoms with E-state index < -0.39 is 6.10 Å². The normalized spacial score (nSPS) is 12.7. The van der Waals surface area contributed by atoms with Gasteiger partial charge in [0.2, 0.25) is 0 Å². The van der Waals surface area contributed by atoms with E-state index in [4.69, 9.17) is 14.2 Å². The van der Waals surface area contributed by atoms with Gasteiger partial charge in [-0.15, -0.1) is 0 Å². The fourth-order valence-corrected chi connectivity index (χ4v) is 7.24. The lowest BCUT2D eigenvalue weighted by molar-refractivity contribution is -0.166. The third-order valence-corrected chi connectivity index (χ3v) is 11.4. The Morgan fingerprint density at radius 2 is 0.585 bits per heavy atom. The summed E-state index contributed by atoms with van der Waals surface area (Å²) in [5, 5.41) is 0. The molecule has 6 heteroatoms. The highest BCUT2D eigenvalue weighted by atomic mass is 16.6. The van der Waals surface area contributed by atoms with Crippen LogP contribution >= 0.6 is 0 Å². The van der Waals surface area contributed by atoms with Crippen LogP contribution in [0.15, 0.2) is 85.1 Å². The first-order chi connectivity index (χ1) is 32.0. The smallest absolute Gasteiger partial charge is 0.306 e. The number of ether oxygens (including phenoxy) is 3. The van der Waals surface area contributed by atoms with Crippen molar-refractivity contribution in [2.24, 2.45) is 0 Å². The zero-order valence-corrected chi connectivity index (χ0v) is 42.5. The quantitative estimate of drug-likeness (QED) is 0.0262. The van der Waals surface area contributed by atoms with E-state index in [-0.39, 0.29) is 37.5 Å². The van der Waals surface area contributed by atoms with Gasteiger partial charge in [0.1, 0.15) is 13.2 Å². The molecule has 0 heterocycles. The maximum atomic E-state index is 12.8. The monoisotopic (exact) mass is 905 g/mol. The Balaban J connectivity index is 4.51. The first-order valence-corrected chi connectivity index (χ1v) is 27.1. The highest BCUT2D eigenvalue weighted by molar-refractivity contribution is 5.71. The maximum Gasteiger partial charge on any atom is 0.306 e. The van der Waals surface area contributed by atoms with Crippen LogP contribution in [0.3, 0.4) is 0 Å². The summed E-state index contributed by atoms with van der Waals surface area (Å²) >= 11 is 0. The summed E-state index contributed by atoms with van der Waals surface area (Å²) < 4.78 is 16.7. The van der Waals surface area contributed by atoms with Crippen molar-refractivity contribution in [3.63, 3.8) is 0 Å². The number of esters is 3. The topological polar surface area (TPSA) is 78.9 Å². The van der Waals surface area contributed by atoms with Crippen molar-refractivity contribution in [1.82, 2.24) is 0 Å². The molecule has 0 aromatic heterocycles. The number of carbonyl (C=O) groups is 3. The largest absolute Gasteiger partial charge is 0.462 e. The summed E-state index contributed by atoms with van der Waals surface area (Å²) in [6.07, 6.45) is 68.6. The van der Waals surface area contributed by atoms with Crippen LogP contribution in [0.1, 0.15) is 252 Å². The van der Waals surface area contributed by atoms with Gasteiger partial charge in [-0.25, -0.2) is 0 Å². The van der Waals surface area contributed by atoms with Gasteiger partial charge >= 0.3 is 17.9 Å². The summed E-state index contributed by atoms with van der Waals surface area (Å²) in [5.74, 6) is -1.01. The Bertz CT molecular complexity index is 1270.